The van der Waals surface area contributed by atoms with Crippen LogP contribution in [-0.2, 0) is 0 Å². The normalized spacial score (nSPS) is 12.5. The third-order valence-corrected chi connectivity index (χ3v) is 3.18. The van der Waals surface area contributed by atoms with E-state index in [1.54, 1.807) is 0 Å². The summed E-state index contributed by atoms with van der Waals surface area (Å²) in [5, 5.41) is 2.57. The van der Waals surface area contributed by atoms with E-state index in [0.717, 1.165) is 25.2 Å². The van der Waals surface area contributed by atoms with E-state index in [9.17, 15) is 13.6 Å². The van der Waals surface area contributed by atoms with Crippen molar-refractivity contribution in [1.29, 1.82) is 0 Å². The average molecular weight is 270 g/mol. The number of nitrogens with one attached hydrogen (secondary N) is 1. The molecule has 1 atom stereocenters. The van der Waals surface area contributed by atoms with E-state index < -0.39 is 23.1 Å². The second-order valence-corrected chi connectivity index (χ2v) is 4.38. The molecule has 19 heavy (non-hydrogen) atoms. The van der Waals surface area contributed by atoms with Crippen LogP contribution in [0.3, 0.4) is 0 Å². The lowest BCUT2D eigenvalue weighted by molar-refractivity contribution is 0.0929. The van der Waals surface area contributed by atoms with E-state index in [1.165, 1.54) is 6.07 Å². The standard InChI is InChI=1S/C14H20F2N2O/c1-4-18(5-2)10(3)9-17-14(19)13-11(15)7-6-8-12(13)16/h6-8,10H,4-5,9H2,1-3H3,(H,17,19). The minimum absolute atomic E-state index is 0.119. The van der Waals surface area contributed by atoms with Gasteiger partial charge >= 0.3 is 0 Å². The van der Waals surface area contributed by atoms with E-state index in [2.05, 4.69) is 10.2 Å². The fourth-order valence-corrected chi connectivity index (χ4v) is 2.02. The van der Waals surface area contributed by atoms with Gasteiger partial charge in [0.25, 0.3) is 5.91 Å². The molecule has 0 aliphatic heterocycles. The molecule has 3 nitrogen and oxygen atoms in total. The number of carbonyl (C=O) groups excluding carboxylic acids is 1. The summed E-state index contributed by atoms with van der Waals surface area (Å²) in [5.41, 5.74) is -0.519. The number of hydrogen-bond donors (Lipinski definition) is 1. The maximum atomic E-state index is 13.4. The minimum Gasteiger partial charge on any atom is -0.350 e. The van der Waals surface area contributed by atoms with Crippen LogP contribution in [0.15, 0.2) is 18.2 Å². The second kappa shape index (κ2) is 7.19. The van der Waals surface area contributed by atoms with Crippen LogP contribution in [0.2, 0.25) is 0 Å². The molecule has 0 saturated heterocycles. The number of likely N-dealkylation sites (N-methyl/N-ethyl adjacent to an activating group) is 1. The molecule has 0 aromatic heterocycles. The van der Waals surface area contributed by atoms with Crippen molar-refractivity contribution in [1.82, 2.24) is 10.2 Å². The zero-order valence-electron chi connectivity index (χ0n) is 11.5. The van der Waals surface area contributed by atoms with Crippen molar-refractivity contribution in [3.8, 4) is 0 Å². The molecule has 0 saturated carbocycles. The fraction of sp³-hybridized carbons (Fsp3) is 0.500. The van der Waals surface area contributed by atoms with Gasteiger partial charge in [-0.2, -0.15) is 0 Å². The Morgan fingerprint density at radius 1 is 1.26 bits per heavy atom. The Labute approximate surface area is 112 Å². The summed E-state index contributed by atoms with van der Waals surface area (Å²) in [6, 6.07) is 3.51. The molecule has 1 N–H and O–H groups in total. The third kappa shape index (κ3) is 3.99. The largest absolute Gasteiger partial charge is 0.350 e. The van der Waals surface area contributed by atoms with E-state index >= 15 is 0 Å². The van der Waals surface area contributed by atoms with Gasteiger partial charge in [-0.3, -0.25) is 9.69 Å². The lowest BCUT2D eigenvalue weighted by Gasteiger charge is -2.26. The molecule has 0 radical (unpaired) electrons. The van der Waals surface area contributed by atoms with Gasteiger partial charge in [-0.05, 0) is 32.1 Å². The molecule has 0 heterocycles. The number of nitrogens with zero attached hydrogens (tertiary/aromatic N) is 1. The molecule has 106 valence electrons. The molecule has 1 aromatic rings. The van der Waals surface area contributed by atoms with Crippen molar-refractivity contribution < 1.29 is 13.6 Å². The molecule has 0 bridgehead atoms. The van der Waals surface area contributed by atoms with Crippen molar-refractivity contribution in [3.63, 3.8) is 0 Å². The molecule has 0 aliphatic rings. The van der Waals surface area contributed by atoms with Gasteiger partial charge in [-0.25, -0.2) is 8.78 Å². The monoisotopic (exact) mass is 270 g/mol. The second-order valence-electron chi connectivity index (χ2n) is 4.38. The molecule has 5 heteroatoms. The molecule has 1 unspecified atom stereocenters. The van der Waals surface area contributed by atoms with Crippen LogP contribution in [-0.4, -0.2) is 36.5 Å². The van der Waals surface area contributed by atoms with E-state index in [0.29, 0.717) is 6.54 Å². The van der Waals surface area contributed by atoms with Crippen LogP contribution >= 0.6 is 0 Å². The lowest BCUT2D eigenvalue weighted by Crippen LogP contribution is -2.42. The lowest BCUT2D eigenvalue weighted by atomic mass is 10.1. The molecular weight excluding hydrogens is 250 g/mol. The Bertz CT molecular complexity index is 413. The Morgan fingerprint density at radius 3 is 2.26 bits per heavy atom. The first-order chi connectivity index (χ1) is 9.01. The van der Waals surface area contributed by atoms with Gasteiger partial charge in [0.2, 0.25) is 0 Å². The van der Waals surface area contributed by atoms with Crippen LogP contribution in [0.25, 0.3) is 0 Å². The smallest absolute Gasteiger partial charge is 0.257 e. The topological polar surface area (TPSA) is 32.3 Å². The third-order valence-electron chi connectivity index (χ3n) is 3.18. The Morgan fingerprint density at radius 2 is 1.79 bits per heavy atom. The van der Waals surface area contributed by atoms with Crippen LogP contribution in [0.4, 0.5) is 8.78 Å². The summed E-state index contributed by atoms with van der Waals surface area (Å²) in [7, 11) is 0. The SMILES string of the molecule is CCN(CC)C(C)CNC(=O)c1c(F)cccc1F. The number of carbonyl (C=O) groups is 1. The number of rotatable bonds is 6. The van der Waals surface area contributed by atoms with Crippen LogP contribution in [0.1, 0.15) is 31.1 Å². The maximum Gasteiger partial charge on any atom is 0.257 e. The van der Waals surface area contributed by atoms with Crippen molar-refractivity contribution >= 4 is 5.91 Å². The highest BCUT2D eigenvalue weighted by atomic mass is 19.1. The Balaban J connectivity index is 2.66. The highest BCUT2D eigenvalue weighted by Gasteiger charge is 2.18. The van der Waals surface area contributed by atoms with E-state index in [4.69, 9.17) is 0 Å². The van der Waals surface area contributed by atoms with Gasteiger partial charge < -0.3 is 5.32 Å². The van der Waals surface area contributed by atoms with Gasteiger partial charge in [0.05, 0.1) is 0 Å². The molecule has 1 amide bonds. The zero-order chi connectivity index (χ0) is 14.4. The van der Waals surface area contributed by atoms with Crippen LogP contribution in [0, 0.1) is 11.6 Å². The molecule has 0 spiro atoms. The van der Waals surface area contributed by atoms with Crippen molar-refractivity contribution in [3.05, 3.63) is 35.4 Å². The maximum absolute atomic E-state index is 13.4. The van der Waals surface area contributed by atoms with Crippen molar-refractivity contribution in [2.75, 3.05) is 19.6 Å². The predicted molar refractivity (Wildman–Crippen MR) is 71.1 cm³/mol. The number of benzene rings is 1. The van der Waals surface area contributed by atoms with Gasteiger partial charge in [0.1, 0.15) is 17.2 Å². The molecule has 0 fully saturated rings. The zero-order valence-corrected chi connectivity index (χ0v) is 11.5. The first-order valence-electron chi connectivity index (χ1n) is 6.47. The quantitative estimate of drug-likeness (QED) is 0.861. The number of amides is 1. The van der Waals surface area contributed by atoms with Gasteiger partial charge in [0, 0.05) is 12.6 Å². The van der Waals surface area contributed by atoms with Crippen LogP contribution < -0.4 is 5.32 Å². The number of hydrogen-bond acceptors (Lipinski definition) is 2. The van der Waals surface area contributed by atoms with Crippen molar-refractivity contribution in [2.45, 2.75) is 26.8 Å². The summed E-state index contributed by atoms with van der Waals surface area (Å²) in [6.07, 6.45) is 0. The highest BCUT2D eigenvalue weighted by molar-refractivity contribution is 5.94. The summed E-state index contributed by atoms with van der Waals surface area (Å²) in [5.74, 6) is -2.39. The summed E-state index contributed by atoms with van der Waals surface area (Å²) in [6.45, 7) is 8.10. The predicted octanol–water partition coefficient (Wildman–Crippen LogP) is 2.42. The highest BCUT2D eigenvalue weighted by Crippen LogP contribution is 2.11. The summed E-state index contributed by atoms with van der Waals surface area (Å²) >= 11 is 0. The van der Waals surface area contributed by atoms with Gasteiger partial charge in [-0.1, -0.05) is 19.9 Å². The molecule has 0 aliphatic carbocycles. The first kappa shape index (κ1) is 15.6. The Kier molecular flexibility index (Phi) is 5.89. The van der Waals surface area contributed by atoms with Crippen molar-refractivity contribution in [2.24, 2.45) is 0 Å². The first-order valence-corrected chi connectivity index (χ1v) is 6.47. The minimum atomic E-state index is -0.840. The summed E-state index contributed by atoms with van der Waals surface area (Å²) in [4.78, 5) is 13.9. The average Bonchev–Trinajstić information content (AvgIpc) is 2.37. The van der Waals surface area contributed by atoms with E-state index in [1.807, 2.05) is 20.8 Å². The molecule has 1 aromatic carbocycles. The summed E-state index contributed by atoms with van der Waals surface area (Å²) < 4.78 is 26.8. The van der Waals surface area contributed by atoms with Crippen LogP contribution in [0.5, 0.6) is 0 Å². The Hall–Kier alpha value is -1.49. The number of halogens is 2. The fourth-order valence-electron chi connectivity index (χ4n) is 2.02. The molecular formula is C14H20F2N2O. The van der Waals surface area contributed by atoms with Gasteiger partial charge in [0.15, 0.2) is 0 Å². The van der Waals surface area contributed by atoms with E-state index in [-0.39, 0.29) is 6.04 Å². The molecule has 1 rings (SSSR count). The van der Waals surface area contributed by atoms with Gasteiger partial charge in [-0.15, -0.1) is 0 Å².